The Kier molecular flexibility index (Phi) is 6.75. The largest absolute Gasteiger partial charge is 0.342 e. The third-order valence-corrected chi connectivity index (χ3v) is 4.91. The quantitative estimate of drug-likeness (QED) is 0.635. The molecule has 1 aromatic carbocycles. The summed E-state index contributed by atoms with van der Waals surface area (Å²) < 4.78 is 1.63. The van der Waals surface area contributed by atoms with Crippen molar-refractivity contribution in [1.29, 1.82) is 0 Å². The second-order valence-corrected chi connectivity index (χ2v) is 7.73. The number of benzene rings is 1. The summed E-state index contributed by atoms with van der Waals surface area (Å²) in [6.07, 6.45) is 6.05. The number of nitrogens with zero attached hydrogens (tertiary/aromatic N) is 4. The van der Waals surface area contributed by atoms with Gasteiger partial charge in [0.1, 0.15) is 11.7 Å². The number of nitrogens with one attached hydrogen (secondary N) is 1. The Morgan fingerprint density at radius 2 is 1.79 bits per heavy atom. The average molecular weight is 392 g/mol. The summed E-state index contributed by atoms with van der Waals surface area (Å²) in [5, 5.41) is 11.3. The van der Waals surface area contributed by atoms with Gasteiger partial charge in [0.15, 0.2) is 0 Å². The molecular weight excluding hydrogens is 362 g/mol. The van der Waals surface area contributed by atoms with E-state index in [2.05, 4.69) is 59.6 Å². The molecule has 1 atom stereocenters. The molecule has 0 aliphatic carbocycles. The van der Waals surface area contributed by atoms with Crippen LogP contribution in [0, 0.1) is 0 Å². The lowest BCUT2D eigenvalue weighted by Crippen LogP contribution is -2.31. The normalized spacial score (nSPS) is 12.2. The minimum Gasteiger partial charge on any atom is -0.342 e. The summed E-state index contributed by atoms with van der Waals surface area (Å²) in [7, 11) is 1.81. The fourth-order valence-electron chi connectivity index (χ4n) is 3.26. The van der Waals surface area contributed by atoms with Gasteiger partial charge in [-0.1, -0.05) is 62.7 Å². The number of pyridine rings is 1. The molecule has 6 nitrogen and oxygen atoms in total. The minimum absolute atomic E-state index is 0.0719. The first kappa shape index (κ1) is 20.7. The van der Waals surface area contributed by atoms with Crippen molar-refractivity contribution in [1.82, 2.24) is 25.3 Å². The third kappa shape index (κ3) is 5.50. The monoisotopic (exact) mass is 391 g/mol. The summed E-state index contributed by atoms with van der Waals surface area (Å²) in [5.41, 5.74) is 4.87. The zero-order valence-corrected chi connectivity index (χ0v) is 17.6. The number of hydrogen-bond acceptors (Lipinski definition) is 4. The molecule has 0 spiro atoms. The lowest BCUT2D eigenvalue weighted by atomic mass is 10.0. The van der Waals surface area contributed by atoms with Crippen LogP contribution >= 0.6 is 0 Å². The summed E-state index contributed by atoms with van der Waals surface area (Å²) in [6, 6.07) is 11.8. The molecule has 0 bridgehead atoms. The van der Waals surface area contributed by atoms with Crippen LogP contribution in [0.2, 0.25) is 0 Å². The topological polar surface area (TPSA) is 72.7 Å². The fourth-order valence-corrected chi connectivity index (χ4v) is 3.26. The van der Waals surface area contributed by atoms with Gasteiger partial charge in [-0.3, -0.25) is 14.5 Å². The van der Waals surface area contributed by atoms with Gasteiger partial charge >= 0.3 is 0 Å². The SMILES string of the molecule is CCCc1ccc([C@@H](NC(=O)Cc2ccc(C(C)C)cc2)c2cn(C)nn2)nc1. The van der Waals surface area contributed by atoms with Crippen LogP contribution in [0.5, 0.6) is 0 Å². The number of aryl methyl sites for hydroxylation is 2. The highest BCUT2D eigenvalue weighted by atomic mass is 16.1. The van der Waals surface area contributed by atoms with Crippen LogP contribution in [-0.2, 0) is 24.7 Å². The molecule has 152 valence electrons. The molecule has 0 fully saturated rings. The maximum atomic E-state index is 12.8. The van der Waals surface area contributed by atoms with Gasteiger partial charge in [-0.15, -0.1) is 5.10 Å². The number of hydrogen-bond donors (Lipinski definition) is 1. The molecule has 0 radical (unpaired) electrons. The molecule has 0 unspecified atom stereocenters. The first-order valence-corrected chi connectivity index (χ1v) is 10.2. The van der Waals surface area contributed by atoms with E-state index < -0.39 is 6.04 Å². The van der Waals surface area contributed by atoms with Gasteiger partial charge in [0, 0.05) is 13.2 Å². The van der Waals surface area contributed by atoms with Gasteiger partial charge in [-0.05, 0) is 35.1 Å². The van der Waals surface area contributed by atoms with Gasteiger partial charge in [0.25, 0.3) is 0 Å². The Bertz CT molecular complexity index is 929. The van der Waals surface area contributed by atoms with Crippen LogP contribution in [-0.4, -0.2) is 25.9 Å². The summed E-state index contributed by atoms with van der Waals surface area (Å²) in [5.74, 6) is 0.401. The lowest BCUT2D eigenvalue weighted by molar-refractivity contribution is -0.121. The molecule has 6 heteroatoms. The molecular formula is C23H29N5O. The smallest absolute Gasteiger partial charge is 0.225 e. The molecule has 1 N–H and O–H groups in total. The number of carbonyl (C=O) groups excluding carboxylic acids is 1. The zero-order chi connectivity index (χ0) is 20.8. The van der Waals surface area contributed by atoms with Crippen molar-refractivity contribution in [3.8, 4) is 0 Å². The molecule has 0 aliphatic heterocycles. The van der Waals surface area contributed by atoms with E-state index in [0.29, 0.717) is 18.0 Å². The molecule has 29 heavy (non-hydrogen) atoms. The summed E-state index contributed by atoms with van der Waals surface area (Å²) in [6.45, 7) is 6.46. The second kappa shape index (κ2) is 9.45. The highest BCUT2D eigenvalue weighted by molar-refractivity contribution is 5.79. The van der Waals surface area contributed by atoms with E-state index in [9.17, 15) is 4.79 Å². The molecule has 3 aromatic rings. The van der Waals surface area contributed by atoms with E-state index in [1.807, 2.05) is 37.6 Å². The third-order valence-electron chi connectivity index (χ3n) is 4.91. The Morgan fingerprint density at radius 1 is 1.07 bits per heavy atom. The van der Waals surface area contributed by atoms with Crippen LogP contribution in [0.4, 0.5) is 0 Å². The van der Waals surface area contributed by atoms with Crippen LogP contribution in [0.15, 0.2) is 48.8 Å². The first-order valence-electron chi connectivity index (χ1n) is 10.2. The number of aromatic nitrogens is 4. The molecule has 0 saturated heterocycles. The predicted molar refractivity (Wildman–Crippen MR) is 113 cm³/mol. The Morgan fingerprint density at radius 3 is 2.34 bits per heavy atom. The molecule has 2 aromatic heterocycles. The molecule has 0 saturated carbocycles. The Labute approximate surface area is 172 Å². The maximum Gasteiger partial charge on any atom is 0.225 e. The number of carbonyl (C=O) groups is 1. The Balaban J connectivity index is 1.76. The van der Waals surface area contributed by atoms with E-state index in [-0.39, 0.29) is 5.91 Å². The zero-order valence-electron chi connectivity index (χ0n) is 17.6. The van der Waals surface area contributed by atoms with Crippen LogP contribution < -0.4 is 5.32 Å². The van der Waals surface area contributed by atoms with Gasteiger partial charge in [-0.25, -0.2) is 0 Å². The molecule has 2 heterocycles. The predicted octanol–water partition coefficient (Wildman–Crippen LogP) is 3.73. The van der Waals surface area contributed by atoms with Crippen molar-refractivity contribution in [3.05, 3.63) is 76.9 Å². The van der Waals surface area contributed by atoms with Crippen molar-refractivity contribution in [2.45, 2.75) is 52.0 Å². The second-order valence-electron chi connectivity index (χ2n) is 7.73. The van der Waals surface area contributed by atoms with Gasteiger partial charge in [-0.2, -0.15) is 0 Å². The number of rotatable bonds is 8. The minimum atomic E-state index is -0.429. The van der Waals surface area contributed by atoms with Crippen molar-refractivity contribution >= 4 is 5.91 Å². The van der Waals surface area contributed by atoms with Crippen molar-refractivity contribution < 1.29 is 4.79 Å². The highest BCUT2D eigenvalue weighted by Crippen LogP contribution is 2.20. The number of amides is 1. The molecule has 3 rings (SSSR count). The van der Waals surface area contributed by atoms with E-state index in [1.165, 1.54) is 11.1 Å². The summed E-state index contributed by atoms with van der Waals surface area (Å²) in [4.78, 5) is 17.4. The van der Waals surface area contributed by atoms with Crippen LogP contribution in [0.3, 0.4) is 0 Å². The maximum absolute atomic E-state index is 12.8. The van der Waals surface area contributed by atoms with Crippen molar-refractivity contribution in [2.75, 3.05) is 0 Å². The summed E-state index contributed by atoms with van der Waals surface area (Å²) >= 11 is 0. The van der Waals surface area contributed by atoms with Crippen molar-refractivity contribution in [2.24, 2.45) is 7.05 Å². The van der Waals surface area contributed by atoms with E-state index >= 15 is 0 Å². The van der Waals surface area contributed by atoms with Gasteiger partial charge in [0.2, 0.25) is 5.91 Å². The van der Waals surface area contributed by atoms with E-state index in [0.717, 1.165) is 24.1 Å². The molecule has 1 amide bonds. The van der Waals surface area contributed by atoms with Crippen LogP contribution in [0.1, 0.15) is 67.2 Å². The van der Waals surface area contributed by atoms with Crippen molar-refractivity contribution in [3.63, 3.8) is 0 Å². The standard InChI is InChI=1S/C23H29N5O/c1-5-6-18-9-12-20(24-14-18)23(21-15-28(4)27-26-21)25-22(29)13-17-7-10-19(11-8-17)16(2)3/h7-12,14-16,23H,5-6,13H2,1-4H3,(H,25,29)/t23-/m1/s1. The Hall–Kier alpha value is -3.02. The van der Waals surface area contributed by atoms with Gasteiger partial charge < -0.3 is 5.32 Å². The van der Waals surface area contributed by atoms with E-state index in [1.54, 1.807) is 4.68 Å². The molecule has 0 aliphatic rings. The highest BCUT2D eigenvalue weighted by Gasteiger charge is 2.21. The van der Waals surface area contributed by atoms with Crippen LogP contribution in [0.25, 0.3) is 0 Å². The fraction of sp³-hybridized carbons (Fsp3) is 0.391. The first-order chi connectivity index (χ1) is 14.0. The van der Waals surface area contributed by atoms with E-state index in [4.69, 9.17) is 0 Å². The van der Waals surface area contributed by atoms with Gasteiger partial charge in [0.05, 0.1) is 18.3 Å². The average Bonchev–Trinajstić information content (AvgIpc) is 3.13. The lowest BCUT2D eigenvalue weighted by Gasteiger charge is -2.17.